The summed E-state index contributed by atoms with van der Waals surface area (Å²) in [5.41, 5.74) is 0. The van der Waals surface area contributed by atoms with Crippen molar-refractivity contribution in [1.82, 2.24) is 10.4 Å². The summed E-state index contributed by atoms with van der Waals surface area (Å²) in [4.78, 5) is 5.72. The van der Waals surface area contributed by atoms with Gasteiger partial charge in [0, 0.05) is 25.0 Å². The molecule has 2 rings (SSSR count). The Hall–Kier alpha value is -0.120. The first kappa shape index (κ1) is 8.48. The Balaban J connectivity index is 1.94. The molecule has 0 aromatic heterocycles. The highest BCUT2D eigenvalue weighted by molar-refractivity contribution is 4.87. The maximum atomic E-state index is 5.72. The molecule has 3 heteroatoms. The van der Waals surface area contributed by atoms with Crippen LogP contribution < -0.4 is 5.32 Å². The number of nitrogens with zero attached hydrogens (tertiary/aromatic N) is 1. The van der Waals surface area contributed by atoms with Gasteiger partial charge in [-0.25, -0.2) is 0 Å². The van der Waals surface area contributed by atoms with Gasteiger partial charge in [-0.2, -0.15) is 5.06 Å². The van der Waals surface area contributed by atoms with E-state index >= 15 is 0 Å². The van der Waals surface area contributed by atoms with E-state index in [1.165, 1.54) is 12.8 Å². The number of hydrogen-bond donors (Lipinski definition) is 1. The van der Waals surface area contributed by atoms with E-state index < -0.39 is 0 Å². The molecule has 0 amide bonds. The molecule has 0 spiro atoms. The fraction of sp³-hybridized carbons (Fsp3) is 1.00. The predicted molar refractivity (Wildman–Crippen MR) is 47.4 cm³/mol. The van der Waals surface area contributed by atoms with Crippen LogP contribution in [0, 0.1) is 5.92 Å². The van der Waals surface area contributed by atoms with Gasteiger partial charge in [0.05, 0.1) is 0 Å². The van der Waals surface area contributed by atoms with Gasteiger partial charge in [-0.3, -0.25) is 10.2 Å². The van der Waals surface area contributed by atoms with E-state index in [9.17, 15) is 0 Å². The highest BCUT2D eigenvalue weighted by Crippen LogP contribution is 2.35. The van der Waals surface area contributed by atoms with Gasteiger partial charge in [0.2, 0.25) is 0 Å². The fourth-order valence-electron chi connectivity index (χ4n) is 1.64. The zero-order valence-electron chi connectivity index (χ0n) is 8.08. The maximum Gasteiger partial charge on any atom is 0.133 e. The molecule has 1 saturated heterocycles. The van der Waals surface area contributed by atoms with Gasteiger partial charge in [0.15, 0.2) is 0 Å². The Bertz CT molecular complexity index is 158. The SMILES string of the molecule is CC1NC(C2CC2)ON(C)C1C. The minimum Gasteiger partial charge on any atom is -0.286 e. The third kappa shape index (κ3) is 1.49. The quantitative estimate of drug-likeness (QED) is 0.634. The summed E-state index contributed by atoms with van der Waals surface area (Å²) >= 11 is 0. The number of likely N-dealkylation sites (N-methyl/N-ethyl adjacent to an activating group) is 1. The van der Waals surface area contributed by atoms with Crippen LogP contribution in [-0.4, -0.2) is 30.4 Å². The molecule has 3 nitrogen and oxygen atoms in total. The fourth-order valence-corrected chi connectivity index (χ4v) is 1.64. The third-order valence-electron chi connectivity index (χ3n) is 3.05. The average Bonchev–Trinajstić information content (AvgIpc) is 2.81. The predicted octanol–water partition coefficient (Wildman–Crippen LogP) is 0.966. The molecule has 2 aliphatic rings. The van der Waals surface area contributed by atoms with Crippen LogP contribution in [0.3, 0.4) is 0 Å². The second-order valence-corrected chi connectivity index (χ2v) is 4.11. The van der Waals surface area contributed by atoms with Crippen molar-refractivity contribution >= 4 is 0 Å². The molecule has 3 atom stereocenters. The van der Waals surface area contributed by atoms with Gasteiger partial charge < -0.3 is 0 Å². The van der Waals surface area contributed by atoms with Crippen LogP contribution in [0.4, 0.5) is 0 Å². The molecule has 0 aromatic rings. The van der Waals surface area contributed by atoms with Gasteiger partial charge >= 0.3 is 0 Å². The van der Waals surface area contributed by atoms with Crippen molar-refractivity contribution in [3.8, 4) is 0 Å². The number of hydrogen-bond acceptors (Lipinski definition) is 3. The number of nitrogens with one attached hydrogen (secondary N) is 1. The van der Waals surface area contributed by atoms with Crippen LogP contribution in [0.2, 0.25) is 0 Å². The maximum absolute atomic E-state index is 5.72. The van der Waals surface area contributed by atoms with E-state index in [0.717, 1.165) is 5.92 Å². The molecule has 70 valence electrons. The van der Waals surface area contributed by atoms with Gasteiger partial charge in [0.1, 0.15) is 6.23 Å². The lowest BCUT2D eigenvalue weighted by molar-refractivity contribution is -0.251. The van der Waals surface area contributed by atoms with Crippen LogP contribution in [0.25, 0.3) is 0 Å². The molecule has 1 heterocycles. The second-order valence-electron chi connectivity index (χ2n) is 4.11. The first-order chi connectivity index (χ1) is 5.68. The molecule has 12 heavy (non-hydrogen) atoms. The molecule has 0 radical (unpaired) electrons. The lowest BCUT2D eigenvalue weighted by Crippen LogP contribution is -2.58. The van der Waals surface area contributed by atoms with E-state index in [1.807, 2.05) is 12.1 Å². The Morgan fingerprint density at radius 2 is 2.00 bits per heavy atom. The summed E-state index contributed by atoms with van der Waals surface area (Å²) in [5.74, 6) is 0.766. The highest BCUT2D eigenvalue weighted by Gasteiger charge is 2.38. The van der Waals surface area contributed by atoms with Crippen molar-refractivity contribution in [1.29, 1.82) is 0 Å². The summed E-state index contributed by atoms with van der Waals surface area (Å²) in [6, 6.07) is 1.01. The summed E-state index contributed by atoms with van der Waals surface area (Å²) in [6.07, 6.45) is 2.93. The van der Waals surface area contributed by atoms with E-state index in [2.05, 4.69) is 19.2 Å². The van der Waals surface area contributed by atoms with E-state index in [-0.39, 0.29) is 6.23 Å². The molecule has 2 fully saturated rings. The topological polar surface area (TPSA) is 24.5 Å². The molecule has 1 N–H and O–H groups in total. The minimum atomic E-state index is 0.279. The van der Waals surface area contributed by atoms with Gasteiger partial charge in [-0.15, -0.1) is 0 Å². The first-order valence-corrected chi connectivity index (χ1v) is 4.84. The van der Waals surface area contributed by atoms with Crippen molar-refractivity contribution in [3.63, 3.8) is 0 Å². The van der Waals surface area contributed by atoms with Crippen LogP contribution in [-0.2, 0) is 4.84 Å². The third-order valence-corrected chi connectivity index (χ3v) is 3.05. The summed E-state index contributed by atoms with van der Waals surface area (Å²) in [5, 5.41) is 5.48. The summed E-state index contributed by atoms with van der Waals surface area (Å²) in [7, 11) is 2.03. The Kier molecular flexibility index (Phi) is 2.10. The normalized spacial score (nSPS) is 44.8. The lowest BCUT2D eigenvalue weighted by atomic mass is 10.1. The highest BCUT2D eigenvalue weighted by atomic mass is 16.7. The van der Waals surface area contributed by atoms with E-state index in [1.54, 1.807) is 0 Å². The summed E-state index contributed by atoms with van der Waals surface area (Å²) in [6.45, 7) is 4.40. The first-order valence-electron chi connectivity index (χ1n) is 4.84. The largest absolute Gasteiger partial charge is 0.286 e. The van der Waals surface area contributed by atoms with Crippen molar-refractivity contribution < 1.29 is 4.84 Å². The Morgan fingerprint density at radius 1 is 1.33 bits per heavy atom. The molecular formula is C9H18N2O. The summed E-state index contributed by atoms with van der Waals surface area (Å²) < 4.78 is 0. The molecule has 0 bridgehead atoms. The molecule has 0 aromatic carbocycles. The van der Waals surface area contributed by atoms with Crippen molar-refractivity contribution in [3.05, 3.63) is 0 Å². The Labute approximate surface area is 74.0 Å². The molecule has 1 aliphatic carbocycles. The minimum absolute atomic E-state index is 0.279. The molecule has 3 unspecified atom stereocenters. The monoisotopic (exact) mass is 170 g/mol. The van der Waals surface area contributed by atoms with Crippen LogP contribution in [0.5, 0.6) is 0 Å². The van der Waals surface area contributed by atoms with Gasteiger partial charge in [-0.05, 0) is 26.7 Å². The van der Waals surface area contributed by atoms with Gasteiger partial charge in [-0.1, -0.05) is 0 Å². The number of hydroxylamine groups is 2. The zero-order chi connectivity index (χ0) is 8.72. The van der Waals surface area contributed by atoms with Gasteiger partial charge in [0.25, 0.3) is 0 Å². The average molecular weight is 170 g/mol. The molecule has 1 saturated carbocycles. The molecular weight excluding hydrogens is 152 g/mol. The van der Waals surface area contributed by atoms with E-state index in [4.69, 9.17) is 4.84 Å². The zero-order valence-corrected chi connectivity index (χ0v) is 8.08. The van der Waals surface area contributed by atoms with Crippen LogP contribution >= 0.6 is 0 Å². The van der Waals surface area contributed by atoms with Crippen LogP contribution in [0.15, 0.2) is 0 Å². The molecule has 1 aliphatic heterocycles. The smallest absolute Gasteiger partial charge is 0.133 e. The number of rotatable bonds is 1. The van der Waals surface area contributed by atoms with Crippen molar-refractivity contribution in [2.45, 2.75) is 45.0 Å². The van der Waals surface area contributed by atoms with Crippen LogP contribution in [0.1, 0.15) is 26.7 Å². The van der Waals surface area contributed by atoms with Crippen molar-refractivity contribution in [2.24, 2.45) is 5.92 Å². The van der Waals surface area contributed by atoms with E-state index in [0.29, 0.717) is 12.1 Å². The standard InChI is InChI=1S/C9H18N2O/c1-6-7(2)11(3)12-9(10-6)8-4-5-8/h6-10H,4-5H2,1-3H3. The Morgan fingerprint density at radius 3 is 2.50 bits per heavy atom. The lowest BCUT2D eigenvalue weighted by Gasteiger charge is -2.40. The second kappa shape index (κ2) is 2.98. The van der Waals surface area contributed by atoms with Crippen molar-refractivity contribution in [2.75, 3.05) is 7.05 Å².